The number of carbonyl (C=O) groups excluding carboxylic acids is 1. The molecule has 0 spiro atoms. The molecule has 20 heavy (non-hydrogen) atoms. The molecule has 3 heteroatoms. The average molecular weight is 275 g/mol. The minimum Gasteiger partial charge on any atom is -0.462 e. The van der Waals surface area contributed by atoms with Crippen LogP contribution in [0.3, 0.4) is 0 Å². The van der Waals surface area contributed by atoms with E-state index < -0.39 is 0 Å². The molecule has 3 nitrogen and oxygen atoms in total. The fraction of sp³-hybridized carbons (Fsp3) is 0.647. The molecule has 0 saturated heterocycles. The van der Waals surface area contributed by atoms with E-state index in [2.05, 4.69) is 6.92 Å². The van der Waals surface area contributed by atoms with Gasteiger partial charge in [0, 0.05) is 5.69 Å². The van der Waals surface area contributed by atoms with Gasteiger partial charge in [-0.2, -0.15) is 0 Å². The number of fused-ring (bicyclic) bond motifs is 1. The molecular weight excluding hydrogens is 250 g/mol. The van der Waals surface area contributed by atoms with Gasteiger partial charge in [0.05, 0.1) is 17.9 Å². The van der Waals surface area contributed by atoms with Crippen molar-refractivity contribution in [2.45, 2.75) is 59.3 Å². The summed E-state index contributed by atoms with van der Waals surface area (Å²) in [6.07, 6.45) is 6.62. The van der Waals surface area contributed by atoms with Crippen molar-refractivity contribution in [2.75, 3.05) is 6.61 Å². The van der Waals surface area contributed by atoms with Crippen LogP contribution in [0.1, 0.15) is 67.3 Å². The molecule has 2 rings (SSSR count). The molecule has 0 N–H and O–H groups in total. The van der Waals surface area contributed by atoms with Gasteiger partial charge in [-0.25, -0.2) is 4.79 Å². The van der Waals surface area contributed by atoms with Gasteiger partial charge in [0.1, 0.15) is 0 Å². The molecule has 1 aromatic heterocycles. The monoisotopic (exact) mass is 275 g/mol. The van der Waals surface area contributed by atoms with Crippen molar-refractivity contribution in [2.24, 2.45) is 5.92 Å². The Balaban J connectivity index is 2.30. The maximum Gasteiger partial charge on any atom is 0.339 e. The van der Waals surface area contributed by atoms with E-state index in [4.69, 9.17) is 9.72 Å². The second kappa shape index (κ2) is 6.87. The number of esters is 1. The van der Waals surface area contributed by atoms with Gasteiger partial charge in [0.25, 0.3) is 0 Å². The molecule has 1 unspecified atom stereocenters. The number of aryl methyl sites for hydroxylation is 2. The fourth-order valence-corrected chi connectivity index (χ4v) is 3.09. The Morgan fingerprint density at radius 1 is 1.40 bits per heavy atom. The Kier molecular flexibility index (Phi) is 5.16. The van der Waals surface area contributed by atoms with Gasteiger partial charge in [-0.05, 0) is 50.2 Å². The van der Waals surface area contributed by atoms with Crippen LogP contribution < -0.4 is 0 Å². The van der Waals surface area contributed by atoms with Crippen LogP contribution in [0.2, 0.25) is 0 Å². The van der Waals surface area contributed by atoms with Gasteiger partial charge in [-0.1, -0.05) is 26.7 Å². The maximum atomic E-state index is 12.1. The highest BCUT2D eigenvalue weighted by molar-refractivity contribution is 5.90. The fourth-order valence-electron chi connectivity index (χ4n) is 3.09. The molecule has 1 atom stereocenters. The SMILES string of the molecule is CCCC1CCc2nc(CC)c(C(=O)OCC)cc2C1. The quantitative estimate of drug-likeness (QED) is 0.769. The van der Waals surface area contributed by atoms with Crippen molar-refractivity contribution in [3.8, 4) is 0 Å². The Morgan fingerprint density at radius 2 is 2.20 bits per heavy atom. The summed E-state index contributed by atoms with van der Waals surface area (Å²) in [4.78, 5) is 16.8. The third-order valence-electron chi connectivity index (χ3n) is 4.10. The van der Waals surface area contributed by atoms with E-state index in [0.29, 0.717) is 12.2 Å². The minimum absolute atomic E-state index is 0.225. The van der Waals surface area contributed by atoms with Crippen LogP contribution in [0.25, 0.3) is 0 Å². The van der Waals surface area contributed by atoms with Gasteiger partial charge in [0.2, 0.25) is 0 Å². The standard InChI is InChI=1S/C17H25NO2/c1-4-7-12-8-9-16-13(10-12)11-14(15(5-2)18-16)17(19)20-6-3/h11-12H,4-10H2,1-3H3. The smallest absolute Gasteiger partial charge is 0.339 e. The maximum absolute atomic E-state index is 12.1. The Hall–Kier alpha value is -1.38. The number of hydrogen-bond acceptors (Lipinski definition) is 3. The van der Waals surface area contributed by atoms with Crippen LogP contribution in [0.5, 0.6) is 0 Å². The summed E-state index contributed by atoms with van der Waals surface area (Å²) in [5.41, 5.74) is 4.01. The Morgan fingerprint density at radius 3 is 2.85 bits per heavy atom. The largest absolute Gasteiger partial charge is 0.462 e. The third kappa shape index (κ3) is 3.20. The molecule has 0 bridgehead atoms. The van der Waals surface area contributed by atoms with E-state index in [1.165, 1.54) is 30.5 Å². The van der Waals surface area contributed by atoms with Crippen LogP contribution in [0.15, 0.2) is 6.07 Å². The first-order valence-electron chi connectivity index (χ1n) is 7.88. The summed E-state index contributed by atoms with van der Waals surface area (Å²) in [6.45, 7) is 6.53. The first-order chi connectivity index (χ1) is 9.69. The van der Waals surface area contributed by atoms with Crippen LogP contribution in [-0.4, -0.2) is 17.6 Å². The molecule has 0 amide bonds. The van der Waals surface area contributed by atoms with Gasteiger partial charge in [-0.3, -0.25) is 4.98 Å². The lowest BCUT2D eigenvalue weighted by Crippen LogP contribution is -2.19. The van der Waals surface area contributed by atoms with E-state index in [9.17, 15) is 4.79 Å². The summed E-state index contributed by atoms with van der Waals surface area (Å²) in [5.74, 6) is 0.522. The molecule has 0 aliphatic heterocycles. The summed E-state index contributed by atoms with van der Waals surface area (Å²) in [7, 11) is 0. The van der Waals surface area contributed by atoms with Crippen molar-refractivity contribution in [3.63, 3.8) is 0 Å². The molecular formula is C17H25NO2. The van der Waals surface area contributed by atoms with E-state index >= 15 is 0 Å². The topological polar surface area (TPSA) is 39.2 Å². The van der Waals surface area contributed by atoms with Crippen molar-refractivity contribution >= 4 is 5.97 Å². The molecule has 1 heterocycles. The first kappa shape index (κ1) is 15.0. The average Bonchev–Trinajstić information content (AvgIpc) is 2.46. The Bertz CT molecular complexity index is 482. The van der Waals surface area contributed by atoms with Crippen molar-refractivity contribution in [3.05, 3.63) is 28.6 Å². The molecule has 0 saturated carbocycles. The van der Waals surface area contributed by atoms with Crippen LogP contribution in [0, 0.1) is 5.92 Å². The molecule has 1 aromatic rings. The molecule has 110 valence electrons. The molecule has 0 radical (unpaired) electrons. The third-order valence-corrected chi connectivity index (χ3v) is 4.10. The first-order valence-corrected chi connectivity index (χ1v) is 7.88. The number of aromatic nitrogens is 1. The van der Waals surface area contributed by atoms with Gasteiger partial charge in [-0.15, -0.1) is 0 Å². The lowest BCUT2D eigenvalue weighted by molar-refractivity contribution is 0.0524. The van der Waals surface area contributed by atoms with Crippen LogP contribution in [-0.2, 0) is 24.0 Å². The summed E-state index contributed by atoms with van der Waals surface area (Å²) >= 11 is 0. The number of carbonyl (C=O) groups is 1. The zero-order chi connectivity index (χ0) is 14.5. The highest BCUT2D eigenvalue weighted by Crippen LogP contribution is 2.29. The lowest BCUT2D eigenvalue weighted by Gasteiger charge is -2.24. The zero-order valence-corrected chi connectivity index (χ0v) is 12.9. The van der Waals surface area contributed by atoms with E-state index in [1.807, 2.05) is 19.9 Å². The summed E-state index contributed by atoms with van der Waals surface area (Å²) in [5, 5.41) is 0. The number of rotatable bonds is 5. The Labute approximate surface area is 121 Å². The van der Waals surface area contributed by atoms with Crippen molar-refractivity contribution in [1.29, 1.82) is 0 Å². The molecule has 1 aliphatic carbocycles. The lowest BCUT2D eigenvalue weighted by atomic mass is 9.83. The number of nitrogens with zero attached hydrogens (tertiary/aromatic N) is 1. The predicted molar refractivity (Wildman–Crippen MR) is 80.0 cm³/mol. The normalized spacial score (nSPS) is 17.6. The van der Waals surface area contributed by atoms with E-state index in [1.54, 1.807) is 0 Å². The second-order valence-corrected chi connectivity index (χ2v) is 5.56. The zero-order valence-electron chi connectivity index (χ0n) is 12.9. The van der Waals surface area contributed by atoms with E-state index in [0.717, 1.165) is 30.9 Å². The predicted octanol–water partition coefficient (Wildman–Crippen LogP) is 3.73. The van der Waals surface area contributed by atoms with Gasteiger partial charge >= 0.3 is 5.97 Å². The van der Waals surface area contributed by atoms with Crippen molar-refractivity contribution in [1.82, 2.24) is 4.98 Å². The highest BCUT2D eigenvalue weighted by Gasteiger charge is 2.23. The minimum atomic E-state index is -0.225. The number of pyridine rings is 1. The summed E-state index contributed by atoms with van der Waals surface area (Å²) < 4.78 is 5.16. The van der Waals surface area contributed by atoms with Crippen molar-refractivity contribution < 1.29 is 9.53 Å². The van der Waals surface area contributed by atoms with Crippen LogP contribution in [0.4, 0.5) is 0 Å². The summed E-state index contributed by atoms with van der Waals surface area (Å²) in [6, 6.07) is 2.04. The second-order valence-electron chi connectivity index (χ2n) is 5.56. The molecule has 1 aliphatic rings. The van der Waals surface area contributed by atoms with E-state index in [-0.39, 0.29) is 5.97 Å². The van der Waals surface area contributed by atoms with Crippen LogP contribution >= 0.6 is 0 Å². The highest BCUT2D eigenvalue weighted by atomic mass is 16.5. The van der Waals surface area contributed by atoms with Gasteiger partial charge < -0.3 is 4.74 Å². The number of ether oxygens (including phenoxy) is 1. The number of hydrogen-bond donors (Lipinski definition) is 0. The molecule has 0 aromatic carbocycles. The molecule has 0 fully saturated rings. The van der Waals surface area contributed by atoms with Gasteiger partial charge in [0.15, 0.2) is 0 Å².